The van der Waals surface area contributed by atoms with Gasteiger partial charge in [0.1, 0.15) is 12.5 Å². The Bertz CT molecular complexity index is 1170. The molecule has 1 aliphatic carbocycles. The van der Waals surface area contributed by atoms with Crippen LogP contribution in [0.25, 0.3) is 0 Å². The van der Waals surface area contributed by atoms with E-state index in [0.717, 1.165) is 36.4 Å². The molecule has 1 aromatic carbocycles. The van der Waals surface area contributed by atoms with Crippen LogP contribution in [0.4, 0.5) is 4.39 Å². The van der Waals surface area contributed by atoms with Crippen LogP contribution in [0, 0.1) is 5.82 Å². The van der Waals surface area contributed by atoms with E-state index in [1.54, 1.807) is 32.0 Å². The summed E-state index contributed by atoms with van der Waals surface area (Å²) in [4.78, 5) is 24.6. The normalized spacial score (nSPS) is 15.1. The Morgan fingerprint density at radius 3 is 2.70 bits per heavy atom. The van der Waals surface area contributed by atoms with Crippen molar-refractivity contribution in [1.29, 1.82) is 0 Å². The van der Waals surface area contributed by atoms with E-state index in [9.17, 15) is 22.4 Å². The van der Waals surface area contributed by atoms with E-state index < -0.39 is 32.6 Å². The van der Waals surface area contributed by atoms with Crippen molar-refractivity contribution in [3.05, 3.63) is 57.1 Å². The molecule has 0 radical (unpaired) electrons. The molecule has 1 aromatic heterocycles. The van der Waals surface area contributed by atoms with Crippen molar-refractivity contribution in [2.75, 3.05) is 6.61 Å². The topological polar surface area (TPSA) is 119 Å². The molecule has 1 heterocycles. The monoisotopic (exact) mass is 483 g/mol. The Kier molecular flexibility index (Phi) is 8.09. The third-order valence-corrected chi connectivity index (χ3v) is 7.12. The van der Waals surface area contributed by atoms with Crippen molar-refractivity contribution in [1.82, 2.24) is 14.3 Å². The average molecular weight is 484 g/mol. The highest BCUT2D eigenvalue weighted by molar-refractivity contribution is 7.89. The van der Waals surface area contributed by atoms with Gasteiger partial charge in [0.2, 0.25) is 15.8 Å². The number of halogens is 1. The van der Waals surface area contributed by atoms with Crippen LogP contribution in [0.1, 0.15) is 52.4 Å². The van der Waals surface area contributed by atoms with Crippen molar-refractivity contribution >= 4 is 10.0 Å². The summed E-state index contributed by atoms with van der Waals surface area (Å²) < 4.78 is 54.0. The number of benzene rings is 1. The quantitative estimate of drug-likeness (QED) is 0.474. The molecule has 2 aromatic rings. The van der Waals surface area contributed by atoms with Crippen LogP contribution in [0.3, 0.4) is 0 Å². The standard InChI is InChI=1S/C22H30FN3O6S/c1-22(2,11-6-12-31-15-26-14-19(23)20(27)24-21(26)28)25-33(29,30)18-10-5-9-17(13-18)32-16-7-3-4-8-16/h5,9-10,13-14,16,25H,3-4,6-8,11-12,15H2,1-2H3,(H,24,27,28). The van der Waals surface area contributed by atoms with E-state index >= 15 is 0 Å². The second-order valence-corrected chi connectivity index (χ2v) is 10.5. The first-order valence-corrected chi connectivity index (χ1v) is 12.4. The minimum Gasteiger partial charge on any atom is -0.490 e. The van der Waals surface area contributed by atoms with Gasteiger partial charge in [-0.1, -0.05) is 6.07 Å². The van der Waals surface area contributed by atoms with Gasteiger partial charge in [-0.25, -0.2) is 17.9 Å². The lowest BCUT2D eigenvalue weighted by atomic mass is 10.0. The first-order valence-electron chi connectivity index (χ1n) is 10.9. The lowest BCUT2D eigenvalue weighted by Crippen LogP contribution is -2.43. The smallest absolute Gasteiger partial charge is 0.330 e. The summed E-state index contributed by atoms with van der Waals surface area (Å²) in [5.74, 6) is -0.531. The summed E-state index contributed by atoms with van der Waals surface area (Å²) in [7, 11) is -3.77. The molecule has 1 aliphatic rings. The van der Waals surface area contributed by atoms with Gasteiger partial charge < -0.3 is 9.47 Å². The molecule has 0 saturated heterocycles. The van der Waals surface area contributed by atoms with Gasteiger partial charge in [0.25, 0.3) is 5.56 Å². The van der Waals surface area contributed by atoms with Gasteiger partial charge in [0.15, 0.2) is 0 Å². The first-order chi connectivity index (χ1) is 15.6. The number of nitrogens with zero attached hydrogens (tertiary/aromatic N) is 1. The zero-order valence-corrected chi connectivity index (χ0v) is 19.6. The number of aromatic nitrogens is 2. The van der Waals surface area contributed by atoms with E-state index in [1.165, 1.54) is 6.07 Å². The second-order valence-electron chi connectivity index (χ2n) is 8.84. The van der Waals surface area contributed by atoms with Gasteiger partial charge >= 0.3 is 5.69 Å². The van der Waals surface area contributed by atoms with E-state index in [0.29, 0.717) is 18.6 Å². The summed E-state index contributed by atoms with van der Waals surface area (Å²) in [5, 5.41) is 0. The molecule has 0 atom stereocenters. The zero-order chi connectivity index (χ0) is 24.1. The molecule has 182 valence electrons. The summed E-state index contributed by atoms with van der Waals surface area (Å²) >= 11 is 0. The maximum Gasteiger partial charge on any atom is 0.330 e. The molecule has 9 nitrogen and oxygen atoms in total. The highest BCUT2D eigenvalue weighted by Gasteiger charge is 2.26. The molecule has 0 spiro atoms. The van der Waals surface area contributed by atoms with Gasteiger partial charge in [0.05, 0.1) is 17.2 Å². The van der Waals surface area contributed by atoms with Crippen LogP contribution in [-0.2, 0) is 21.5 Å². The minimum atomic E-state index is -3.77. The Morgan fingerprint density at radius 1 is 1.24 bits per heavy atom. The number of sulfonamides is 1. The molecule has 3 rings (SSSR count). The van der Waals surface area contributed by atoms with Crippen molar-refractivity contribution < 1.29 is 22.3 Å². The van der Waals surface area contributed by atoms with E-state index in [-0.39, 0.29) is 24.3 Å². The Labute approximate surface area is 192 Å². The van der Waals surface area contributed by atoms with Gasteiger partial charge in [0, 0.05) is 18.2 Å². The van der Waals surface area contributed by atoms with E-state index in [1.807, 2.05) is 4.98 Å². The van der Waals surface area contributed by atoms with Crippen molar-refractivity contribution in [2.45, 2.75) is 75.6 Å². The number of nitrogens with one attached hydrogen (secondary N) is 2. The SMILES string of the molecule is CC(C)(CCCOCn1cc(F)c(=O)[nH]c1=O)NS(=O)(=O)c1cccc(OC2CCCC2)c1. The summed E-state index contributed by atoms with van der Waals surface area (Å²) in [5.41, 5.74) is -2.61. The van der Waals surface area contributed by atoms with Gasteiger partial charge in [-0.15, -0.1) is 0 Å². The highest BCUT2D eigenvalue weighted by Crippen LogP contribution is 2.26. The fraction of sp³-hybridized carbons (Fsp3) is 0.545. The lowest BCUT2D eigenvalue weighted by Gasteiger charge is -2.26. The van der Waals surface area contributed by atoms with Crippen LogP contribution in [-0.4, -0.2) is 36.2 Å². The molecule has 2 N–H and O–H groups in total. The Balaban J connectivity index is 1.50. The van der Waals surface area contributed by atoms with Crippen LogP contribution in [0.15, 0.2) is 44.9 Å². The molecule has 1 fully saturated rings. The molecule has 0 aliphatic heterocycles. The molecular weight excluding hydrogens is 453 g/mol. The van der Waals surface area contributed by atoms with Gasteiger partial charge in [-0.2, -0.15) is 4.39 Å². The van der Waals surface area contributed by atoms with Gasteiger partial charge in [-0.3, -0.25) is 14.3 Å². The Morgan fingerprint density at radius 2 is 1.97 bits per heavy atom. The number of hydrogen-bond acceptors (Lipinski definition) is 6. The van der Waals surface area contributed by atoms with Crippen molar-refractivity contribution in [2.24, 2.45) is 0 Å². The molecule has 0 bridgehead atoms. The number of hydrogen-bond donors (Lipinski definition) is 2. The van der Waals surface area contributed by atoms with Crippen LogP contribution in [0.2, 0.25) is 0 Å². The summed E-state index contributed by atoms with van der Waals surface area (Å²) in [6.07, 6.45) is 6.08. The summed E-state index contributed by atoms with van der Waals surface area (Å²) in [6.45, 7) is 3.52. The fourth-order valence-corrected chi connectivity index (χ4v) is 5.22. The largest absolute Gasteiger partial charge is 0.490 e. The molecule has 0 unspecified atom stereocenters. The summed E-state index contributed by atoms with van der Waals surface area (Å²) in [6, 6.07) is 6.51. The van der Waals surface area contributed by atoms with E-state index in [2.05, 4.69) is 4.72 Å². The number of H-pyrrole nitrogens is 1. The average Bonchev–Trinajstić information content (AvgIpc) is 3.24. The predicted octanol–water partition coefficient (Wildman–Crippen LogP) is 2.51. The predicted molar refractivity (Wildman–Crippen MR) is 120 cm³/mol. The van der Waals surface area contributed by atoms with Crippen molar-refractivity contribution in [3.8, 4) is 5.75 Å². The zero-order valence-electron chi connectivity index (χ0n) is 18.8. The lowest BCUT2D eigenvalue weighted by molar-refractivity contribution is 0.0672. The molecule has 33 heavy (non-hydrogen) atoms. The fourth-order valence-electron chi connectivity index (χ4n) is 3.74. The number of aromatic amines is 1. The van der Waals surface area contributed by atoms with Crippen LogP contribution in [0.5, 0.6) is 5.75 Å². The minimum absolute atomic E-state index is 0.135. The highest BCUT2D eigenvalue weighted by atomic mass is 32.2. The third-order valence-electron chi connectivity index (χ3n) is 5.42. The van der Waals surface area contributed by atoms with Crippen molar-refractivity contribution in [3.63, 3.8) is 0 Å². The first kappa shape index (κ1) is 25.1. The maximum atomic E-state index is 13.3. The molecular formula is C22H30FN3O6S. The van der Waals surface area contributed by atoms with E-state index in [4.69, 9.17) is 9.47 Å². The third kappa shape index (κ3) is 7.24. The number of ether oxygens (including phenoxy) is 2. The Hall–Kier alpha value is -2.50. The van der Waals surface area contributed by atoms with Crippen LogP contribution >= 0.6 is 0 Å². The maximum absolute atomic E-state index is 13.3. The van der Waals surface area contributed by atoms with Crippen LogP contribution < -0.4 is 20.7 Å². The molecule has 11 heteroatoms. The second kappa shape index (κ2) is 10.6. The van der Waals surface area contributed by atoms with Gasteiger partial charge in [-0.05, 0) is 64.5 Å². The molecule has 1 saturated carbocycles. The molecule has 0 amide bonds. The number of rotatable bonds is 11.